The van der Waals surface area contributed by atoms with Crippen molar-refractivity contribution in [3.05, 3.63) is 51.5 Å². The van der Waals surface area contributed by atoms with Crippen LogP contribution in [0.25, 0.3) is 0 Å². The third-order valence-corrected chi connectivity index (χ3v) is 4.42. The van der Waals surface area contributed by atoms with Crippen LogP contribution < -0.4 is 5.32 Å². The molecule has 0 bridgehead atoms. The van der Waals surface area contributed by atoms with Crippen molar-refractivity contribution in [3.63, 3.8) is 0 Å². The molecule has 1 atom stereocenters. The number of amides is 1. The average Bonchev–Trinajstić information content (AvgIpc) is 2.86. The van der Waals surface area contributed by atoms with E-state index in [0.717, 1.165) is 17.1 Å². The van der Waals surface area contributed by atoms with Gasteiger partial charge in [0, 0.05) is 13.2 Å². The molecular formula is C17H22N2O2S. The van der Waals surface area contributed by atoms with Crippen LogP contribution in [-0.4, -0.2) is 24.0 Å². The van der Waals surface area contributed by atoms with Crippen molar-refractivity contribution < 1.29 is 9.53 Å². The molecule has 0 radical (unpaired) electrons. The maximum absolute atomic E-state index is 12.0. The van der Waals surface area contributed by atoms with Gasteiger partial charge in [-0.1, -0.05) is 30.3 Å². The van der Waals surface area contributed by atoms with E-state index in [0.29, 0.717) is 18.0 Å². The van der Waals surface area contributed by atoms with E-state index in [2.05, 4.69) is 22.4 Å². The molecule has 22 heavy (non-hydrogen) atoms. The highest BCUT2D eigenvalue weighted by Gasteiger charge is 2.13. The summed E-state index contributed by atoms with van der Waals surface area (Å²) in [6, 6.07) is 10.1. The minimum Gasteiger partial charge on any atom is -0.374 e. The molecule has 2 aromatic rings. The highest BCUT2D eigenvalue weighted by molar-refractivity contribution is 7.13. The average molecular weight is 318 g/mol. The SMILES string of the molecule is Cc1nc(C)c(C(=O)NCCCO[C@@H](C)c2ccccc2)s1. The third-order valence-electron chi connectivity index (χ3n) is 3.35. The highest BCUT2D eigenvalue weighted by Crippen LogP contribution is 2.17. The molecule has 0 aliphatic rings. The van der Waals surface area contributed by atoms with E-state index in [4.69, 9.17) is 4.74 Å². The van der Waals surface area contributed by atoms with Crippen LogP contribution in [0.15, 0.2) is 30.3 Å². The van der Waals surface area contributed by atoms with Gasteiger partial charge in [0.15, 0.2) is 0 Å². The van der Waals surface area contributed by atoms with Crippen LogP contribution in [0.5, 0.6) is 0 Å². The van der Waals surface area contributed by atoms with Gasteiger partial charge in [0.2, 0.25) is 0 Å². The first kappa shape index (κ1) is 16.6. The zero-order chi connectivity index (χ0) is 15.9. The van der Waals surface area contributed by atoms with Gasteiger partial charge >= 0.3 is 0 Å². The van der Waals surface area contributed by atoms with E-state index in [9.17, 15) is 4.79 Å². The molecule has 5 heteroatoms. The first-order valence-electron chi connectivity index (χ1n) is 7.46. The molecule has 1 aromatic carbocycles. The number of carbonyl (C=O) groups is 1. The molecule has 0 aliphatic heterocycles. The normalized spacial score (nSPS) is 12.1. The van der Waals surface area contributed by atoms with Gasteiger partial charge in [-0.25, -0.2) is 4.98 Å². The van der Waals surface area contributed by atoms with Gasteiger partial charge < -0.3 is 10.1 Å². The Morgan fingerprint density at radius 3 is 2.68 bits per heavy atom. The number of aryl methyl sites for hydroxylation is 2. The monoisotopic (exact) mass is 318 g/mol. The second kappa shape index (κ2) is 8.06. The second-order valence-corrected chi connectivity index (χ2v) is 6.38. The van der Waals surface area contributed by atoms with Crippen LogP contribution in [-0.2, 0) is 4.74 Å². The lowest BCUT2D eigenvalue weighted by atomic mass is 10.1. The molecule has 0 spiro atoms. The summed E-state index contributed by atoms with van der Waals surface area (Å²) in [6.07, 6.45) is 0.864. The van der Waals surface area contributed by atoms with Gasteiger partial charge in [-0.2, -0.15) is 0 Å². The number of rotatable bonds is 7. The molecule has 118 valence electrons. The van der Waals surface area contributed by atoms with Crippen molar-refractivity contribution in [2.24, 2.45) is 0 Å². The zero-order valence-corrected chi connectivity index (χ0v) is 14.1. The number of carbonyl (C=O) groups excluding carboxylic acids is 1. The molecule has 0 saturated carbocycles. The van der Waals surface area contributed by atoms with Crippen molar-refractivity contribution in [3.8, 4) is 0 Å². The van der Waals surface area contributed by atoms with Crippen molar-refractivity contribution in [2.45, 2.75) is 33.3 Å². The number of hydrogen-bond donors (Lipinski definition) is 1. The van der Waals surface area contributed by atoms with Gasteiger partial charge in [-0.15, -0.1) is 11.3 Å². The van der Waals surface area contributed by atoms with Gasteiger partial charge in [0.1, 0.15) is 4.88 Å². The summed E-state index contributed by atoms with van der Waals surface area (Å²) in [6.45, 7) is 7.04. The summed E-state index contributed by atoms with van der Waals surface area (Å²) in [5, 5.41) is 3.84. The maximum Gasteiger partial charge on any atom is 0.263 e. The Labute approximate surface area is 135 Å². The molecule has 0 unspecified atom stereocenters. The maximum atomic E-state index is 12.0. The summed E-state index contributed by atoms with van der Waals surface area (Å²) in [4.78, 5) is 17.0. The highest BCUT2D eigenvalue weighted by atomic mass is 32.1. The van der Waals surface area contributed by atoms with Crippen LogP contribution >= 0.6 is 11.3 Å². The number of thiazole rings is 1. The quantitative estimate of drug-likeness (QED) is 0.793. The van der Waals surface area contributed by atoms with Crippen LogP contribution in [0, 0.1) is 13.8 Å². The van der Waals surface area contributed by atoms with E-state index in [1.54, 1.807) is 0 Å². The van der Waals surface area contributed by atoms with Crippen LogP contribution in [0.2, 0.25) is 0 Å². The van der Waals surface area contributed by atoms with E-state index in [1.165, 1.54) is 16.9 Å². The Balaban J connectivity index is 1.67. The Morgan fingerprint density at radius 1 is 1.32 bits per heavy atom. The third kappa shape index (κ3) is 4.64. The first-order valence-corrected chi connectivity index (χ1v) is 8.28. The summed E-state index contributed by atoms with van der Waals surface area (Å²) in [5.41, 5.74) is 1.97. The fourth-order valence-electron chi connectivity index (χ4n) is 2.18. The molecule has 4 nitrogen and oxygen atoms in total. The number of nitrogens with one attached hydrogen (secondary N) is 1. The molecule has 1 heterocycles. The second-order valence-electron chi connectivity index (χ2n) is 5.18. The lowest BCUT2D eigenvalue weighted by Crippen LogP contribution is -2.25. The summed E-state index contributed by atoms with van der Waals surface area (Å²) in [7, 11) is 0. The minimum absolute atomic E-state index is 0.0424. The number of nitrogens with zero attached hydrogens (tertiary/aromatic N) is 1. The van der Waals surface area contributed by atoms with E-state index in [1.807, 2.05) is 39.0 Å². The first-order chi connectivity index (χ1) is 10.6. The van der Waals surface area contributed by atoms with Gasteiger partial charge in [0.25, 0.3) is 5.91 Å². The van der Waals surface area contributed by atoms with E-state index in [-0.39, 0.29) is 12.0 Å². The molecule has 1 N–H and O–H groups in total. The summed E-state index contributed by atoms with van der Waals surface area (Å²) in [5.74, 6) is -0.0424. The van der Waals surface area contributed by atoms with Gasteiger partial charge in [-0.05, 0) is 32.8 Å². The van der Waals surface area contributed by atoms with Crippen LogP contribution in [0.1, 0.15) is 45.4 Å². The lowest BCUT2D eigenvalue weighted by molar-refractivity contribution is 0.0635. The van der Waals surface area contributed by atoms with Crippen molar-refractivity contribution in [1.82, 2.24) is 10.3 Å². The fourth-order valence-corrected chi connectivity index (χ4v) is 3.01. The Kier molecular flexibility index (Phi) is 6.10. The summed E-state index contributed by atoms with van der Waals surface area (Å²) < 4.78 is 5.78. The molecule has 0 fully saturated rings. The molecule has 1 aromatic heterocycles. The van der Waals surface area contributed by atoms with Gasteiger partial charge in [-0.3, -0.25) is 4.79 Å². The predicted molar refractivity (Wildman–Crippen MR) is 89.3 cm³/mol. The van der Waals surface area contributed by atoms with E-state index < -0.39 is 0 Å². The molecule has 0 aliphatic carbocycles. The number of ether oxygens (including phenoxy) is 1. The number of aromatic nitrogens is 1. The number of benzene rings is 1. The minimum atomic E-state index is -0.0424. The van der Waals surface area contributed by atoms with Crippen molar-refractivity contribution in [1.29, 1.82) is 0 Å². The molecule has 1 amide bonds. The predicted octanol–water partition coefficient (Wildman–Crippen LogP) is 3.66. The molecule has 0 saturated heterocycles. The standard InChI is InChI=1S/C17H22N2O2S/c1-12-16(22-14(3)19-12)17(20)18-10-7-11-21-13(2)15-8-5-4-6-9-15/h4-6,8-9,13H,7,10-11H2,1-3H3,(H,18,20)/t13-/m0/s1. The largest absolute Gasteiger partial charge is 0.374 e. The Morgan fingerprint density at radius 2 is 2.05 bits per heavy atom. The molecular weight excluding hydrogens is 296 g/mol. The van der Waals surface area contributed by atoms with Crippen LogP contribution in [0.4, 0.5) is 0 Å². The molecule has 2 rings (SSSR count). The topological polar surface area (TPSA) is 51.2 Å². The Hall–Kier alpha value is -1.72. The Bertz CT molecular complexity index is 610. The fraction of sp³-hybridized carbons (Fsp3) is 0.412. The van der Waals surface area contributed by atoms with Gasteiger partial charge in [0.05, 0.1) is 16.8 Å². The van der Waals surface area contributed by atoms with Crippen LogP contribution in [0.3, 0.4) is 0 Å². The smallest absolute Gasteiger partial charge is 0.263 e. The lowest BCUT2D eigenvalue weighted by Gasteiger charge is -2.13. The zero-order valence-electron chi connectivity index (χ0n) is 13.3. The number of hydrogen-bond acceptors (Lipinski definition) is 4. The van der Waals surface area contributed by atoms with Crippen molar-refractivity contribution in [2.75, 3.05) is 13.2 Å². The van der Waals surface area contributed by atoms with E-state index >= 15 is 0 Å². The summed E-state index contributed by atoms with van der Waals surface area (Å²) >= 11 is 1.43. The van der Waals surface area contributed by atoms with Crippen molar-refractivity contribution >= 4 is 17.2 Å².